The molecule has 2 aromatic heterocycles. The minimum absolute atomic E-state index is 0.319. The van der Waals surface area contributed by atoms with Crippen LogP contribution in [0.25, 0.3) is 0 Å². The molecule has 1 atom stereocenters. The van der Waals surface area contributed by atoms with Crippen molar-refractivity contribution in [2.24, 2.45) is 0 Å². The number of tetrazole rings is 1. The van der Waals surface area contributed by atoms with Crippen LogP contribution in [-0.4, -0.2) is 65.0 Å². The largest absolute Gasteiger partial charge is 0.296 e. The first-order chi connectivity index (χ1) is 12.4. The summed E-state index contributed by atoms with van der Waals surface area (Å²) in [5.41, 5.74) is -0.504. The van der Waals surface area contributed by atoms with E-state index in [4.69, 9.17) is 0 Å². The molecule has 2 aromatic rings. The van der Waals surface area contributed by atoms with Gasteiger partial charge in [0.2, 0.25) is 0 Å². The van der Waals surface area contributed by atoms with Gasteiger partial charge in [0.05, 0.1) is 11.6 Å². The van der Waals surface area contributed by atoms with Gasteiger partial charge in [0.15, 0.2) is 5.82 Å². The molecule has 8 nitrogen and oxygen atoms in total. The summed E-state index contributed by atoms with van der Waals surface area (Å²) < 4.78 is 29.9. The molecule has 2 fully saturated rings. The van der Waals surface area contributed by atoms with Crippen molar-refractivity contribution in [3.8, 4) is 0 Å². The van der Waals surface area contributed by atoms with E-state index in [0.717, 1.165) is 18.7 Å². The molecule has 4 rings (SSSR count). The second-order valence-corrected chi connectivity index (χ2v) is 10.4. The van der Waals surface area contributed by atoms with Gasteiger partial charge >= 0.3 is 0 Å². The summed E-state index contributed by atoms with van der Waals surface area (Å²) in [4.78, 5) is 2.08. The lowest BCUT2D eigenvalue weighted by molar-refractivity contribution is 0.144. The Morgan fingerprint density at radius 2 is 2.08 bits per heavy atom. The molecule has 10 heteroatoms. The van der Waals surface area contributed by atoms with E-state index in [2.05, 4.69) is 20.4 Å². The first-order valence-corrected chi connectivity index (χ1v) is 11.3. The van der Waals surface area contributed by atoms with E-state index in [0.29, 0.717) is 29.8 Å². The minimum Gasteiger partial charge on any atom is -0.296 e. The minimum atomic E-state index is -3.48. The average Bonchev–Trinajstić information content (AvgIpc) is 3.43. The number of rotatable bonds is 5. The highest BCUT2D eigenvalue weighted by Crippen LogP contribution is 2.40. The van der Waals surface area contributed by atoms with Crippen LogP contribution in [0.2, 0.25) is 0 Å². The fourth-order valence-corrected chi connectivity index (χ4v) is 6.78. The molecule has 142 valence electrons. The van der Waals surface area contributed by atoms with E-state index in [1.807, 2.05) is 18.8 Å². The lowest BCUT2D eigenvalue weighted by atomic mass is 9.95. The summed E-state index contributed by atoms with van der Waals surface area (Å²) in [6.07, 6.45) is 5.23. The first kappa shape index (κ1) is 18.0. The maximum Gasteiger partial charge on any atom is 0.252 e. The van der Waals surface area contributed by atoms with Crippen molar-refractivity contribution < 1.29 is 8.42 Å². The van der Waals surface area contributed by atoms with E-state index < -0.39 is 15.6 Å². The molecule has 0 aromatic carbocycles. The van der Waals surface area contributed by atoms with Gasteiger partial charge in [-0.15, -0.1) is 16.4 Å². The van der Waals surface area contributed by atoms with Crippen LogP contribution in [0.1, 0.15) is 44.0 Å². The highest BCUT2D eigenvalue weighted by Gasteiger charge is 2.50. The molecule has 0 spiro atoms. The van der Waals surface area contributed by atoms with Crippen LogP contribution in [0.5, 0.6) is 0 Å². The topological polar surface area (TPSA) is 84.2 Å². The summed E-state index contributed by atoms with van der Waals surface area (Å²) in [6.45, 7) is 0.837. The zero-order valence-electron chi connectivity index (χ0n) is 15.1. The van der Waals surface area contributed by atoms with Crippen LogP contribution in [0.3, 0.4) is 0 Å². The molecule has 0 N–H and O–H groups in total. The number of aromatic nitrogens is 4. The molecule has 3 heterocycles. The molecule has 26 heavy (non-hydrogen) atoms. The van der Waals surface area contributed by atoms with Crippen LogP contribution >= 0.6 is 11.3 Å². The van der Waals surface area contributed by atoms with Crippen molar-refractivity contribution in [3.05, 3.63) is 23.3 Å². The van der Waals surface area contributed by atoms with Crippen LogP contribution in [0, 0.1) is 0 Å². The number of nitrogens with zero attached hydrogens (tertiary/aromatic N) is 6. The monoisotopic (exact) mass is 396 g/mol. The maximum atomic E-state index is 13.0. The van der Waals surface area contributed by atoms with Crippen LogP contribution < -0.4 is 0 Å². The number of likely N-dealkylation sites (N-methyl/N-ethyl adjacent to an activating group) is 1. The van der Waals surface area contributed by atoms with Crippen LogP contribution in [0.15, 0.2) is 21.7 Å². The Balaban J connectivity index is 1.69. The third kappa shape index (κ3) is 2.79. The zero-order valence-corrected chi connectivity index (χ0v) is 16.7. The smallest absolute Gasteiger partial charge is 0.252 e. The number of thiophene rings is 1. The molecule has 1 aliphatic carbocycles. The summed E-state index contributed by atoms with van der Waals surface area (Å²) >= 11 is 1.26. The summed E-state index contributed by atoms with van der Waals surface area (Å²) in [5, 5.41) is 14.4. The van der Waals surface area contributed by atoms with Crippen molar-refractivity contribution in [2.45, 2.75) is 47.9 Å². The van der Waals surface area contributed by atoms with Crippen molar-refractivity contribution >= 4 is 21.4 Å². The summed E-state index contributed by atoms with van der Waals surface area (Å²) in [6, 6.07) is 3.76. The molecule has 2 aliphatic rings. The van der Waals surface area contributed by atoms with Crippen molar-refractivity contribution in [2.75, 3.05) is 27.2 Å². The highest BCUT2D eigenvalue weighted by atomic mass is 32.2. The van der Waals surface area contributed by atoms with E-state index in [9.17, 15) is 8.42 Å². The second-order valence-electron chi connectivity index (χ2n) is 7.33. The van der Waals surface area contributed by atoms with Gasteiger partial charge in [0.25, 0.3) is 10.0 Å². The lowest BCUT2D eigenvalue weighted by Gasteiger charge is -2.35. The Kier molecular flexibility index (Phi) is 4.62. The van der Waals surface area contributed by atoms with Crippen molar-refractivity contribution in [1.82, 2.24) is 29.4 Å². The number of hydrogen-bond acceptors (Lipinski definition) is 7. The fourth-order valence-electron chi connectivity index (χ4n) is 4.14. The Labute approximate surface area is 157 Å². The normalized spacial score (nSPS) is 25.5. The van der Waals surface area contributed by atoms with E-state index in [1.54, 1.807) is 21.8 Å². The van der Waals surface area contributed by atoms with E-state index in [-0.39, 0.29) is 0 Å². The molecular formula is C16H24N6O2S2. The van der Waals surface area contributed by atoms with E-state index in [1.165, 1.54) is 24.2 Å². The standard InChI is InChI=1S/C16H24N6O2S2/c1-20(2)16(15-17-18-19-22(15)13-6-3-4-7-13)9-10-21(12-16)26(23,24)14-8-5-11-25-14/h5,8,11,13H,3-4,6-7,9-10,12H2,1-2H3. The third-order valence-corrected chi connectivity index (χ3v) is 8.96. The lowest BCUT2D eigenvalue weighted by Crippen LogP contribution is -2.47. The molecule has 1 unspecified atom stereocenters. The van der Waals surface area contributed by atoms with E-state index >= 15 is 0 Å². The zero-order chi connectivity index (χ0) is 18.4. The van der Waals surface area contributed by atoms with Gasteiger partial charge < -0.3 is 0 Å². The van der Waals surface area contributed by atoms with Gasteiger partial charge in [-0.3, -0.25) is 4.90 Å². The fraction of sp³-hybridized carbons (Fsp3) is 0.688. The number of sulfonamides is 1. The van der Waals surface area contributed by atoms with Gasteiger partial charge in [0.1, 0.15) is 4.21 Å². The van der Waals surface area contributed by atoms with Crippen LogP contribution in [-0.2, 0) is 15.6 Å². The molecule has 0 amide bonds. The van der Waals surface area contributed by atoms with Gasteiger partial charge in [-0.05, 0) is 55.2 Å². The Morgan fingerprint density at radius 3 is 2.73 bits per heavy atom. The predicted octanol–water partition coefficient (Wildman–Crippen LogP) is 1.70. The van der Waals surface area contributed by atoms with Gasteiger partial charge in [-0.2, -0.15) is 4.31 Å². The van der Waals surface area contributed by atoms with Gasteiger partial charge in [-0.1, -0.05) is 18.9 Å². The molecule has 1 saturated carbocycles. The van der Waals surface area contributed by atoms with Crippen LogP contribution in [0.4, 0.5) is 0 Å². The summed E-state index contributed by atoms with van der Waals surface area (Å²) in [7, 11) is 0.487. The van der Waals surface area contributed by atoms with Crippen molar-refractivity contribution in [3.63, 3.8) is 0 Å². The Morgan fingerprint density at radius 1 is 1.31 bits per heavy atom. The molecule has 1 aliphatic heterocycles. The number of hydrogen-bond donors (Lipinski definition) is 0. The molecule has 1 saturated heterocycles. The van der Waals surface area contributed by atoms with Gasteiger partial charge in [-0.25, -0.2) is 13.1 Å². The quantitative estimate of drug-likeness (QED) is 0.765. The molecule has 0 radical (unpaired) electrons. The van der Waals surface area contributed by atoms with Crippen molar-refractivity contribution in [1.29, 1.82) is 0 Å². The molecule has 0 bridgehead atoms. The Bertz CT molecular complexity index is 857. The SMILES string of the molecule is CN(C)C1(c2nnnn2C2CCCC2)CCN(S(=O)(=O)c2cccs2)C1. The third-order valence-electron chi connectivity index (χ3n) is 5.74. The highest BCUT2D eigenvalue weighted by molar-refractivity contribution is 7.91. The molecular weight excluding hydrogens is 372 g/mol. The first-order valence-electron chi connectivity index (χ1n) is 8.94. The average molecular weight is 397 g/mol. The predicted molar refractivity (Wildman–Crippen MR) is 98.4 cm³/mol. The van der Waals surface area contributed by atoms with Gasteiger partial charge in [0, 0.05) is 13.1 Å². The second kappa shape index (κ2) is 6.66. The summed E-state index contributed by atoms with van der Waals surface area (Å²) in [5.74, 6) is 0.790. The Hall–Kier alpha value is -1.36. The maximum absolute atomic E-state index is 13.0.